The van der Waals surface area contributed by atoms with E-state index in [4.69, 9.17) is 4.74 Å². The molecule has 0 aromatic rings. The molecule has 1 aliphatic carbocycles. The maximum Gasteiger partial charge on any atom is 0.0685 e. The van der Waals surface area contributed by atoms with Gasteiger partial charge < -0.3 is 15.2 Å². The Balaban J connectivity index is 1.97. The van der Waals surface area contributed by atoms with Crippen LogP contribution in [0.5, 0.6) is 0 Å². The van der Waals surface area contributed by atoms with E-state index in [2.05, 4.69) is 26.1 Å². The molecule has 0 radical (unpaired) electrons. The van der Waals surface area contributed by atoms with Gasteiger partial charge in [0.2, 0.25) is 0 Å². The van der Waals surface area contributed by atoms with Crippen molar-refractivity contribution in [1.82, 2.24) is 5.32 Å². The fourth-order valence-electron chi connectivity index (χ4n) is 3.22. The van der Waals surface area contributed by atoms with Gasteiger partial charge in [0, 0.05) is 30.0 Å². The third-order valence-electron chi connectivity index (χ3n) is 4.23. The number of hydrogen-bond acceptors (Lipinski definition) is 3. The first kappa shape index (κ1) is 11.4. The molecule has 2 rings (SSSR count). The van der Waals surface area contributed by atoms with E-state index in [-0.39, 0.29) is 18.1 Å². The van der Waals surface area contributed by atoms with Gasteiger partial charge in [0.05, 0.1) is 12.7 Å². The van der Waals surface area contributed by atoms with Gasteiger partial charge in [0.25, 0.3) is 0 Å². The summed E-state index contributed by atoms with van der Waals surface area (Å²) in [7, 11) is 0. The summed E-state index contributed by atoms with van der Waals surface area (Å²) in [5, 5.41) is 12.8. The summed E-state index contributed by atoms with van der Waals surface area (Å²) in [5.41, 5.74) is 0.226. The highest BCUT2D eigenvalue weighted by atomic mass is 16.5. The van der Waals surface area contributed by atoms with Crippen molar-refractivity contribution in [3.8, 4) is 0 Å². The van der Waals surface area contributed by atoms with Gasteiger partial charge in [-0.2, -0.15) is 0 Å². The molecule has 1 heterocycles. The van der Waals surface area contributed by atoms with Crippen molar-refractivity contribution in [3.05, 3.63) is 0 Å². The third kappa shape index (κ3) is 1.71. The molecular weight excluding hydrogens is 190 g/mol. The van der Waals surface area contributed by atoms with E-state index in [1.807, 2.05) is 0 Å². The van der Waals surface area contributed by atoms with Gasteiger partial charge in [0.15, 0.2) is 0 Å². The summed E-state index contributed by atoms with van der Waals surface area (Å²) in [6, 6.07) is 0.762. The minimum Gasteiger partial charge on any atom is -0.395 e. The predicted molar refractivity (Wildman–Crippen MR) is 59.7 cm³/mol. The molecule has 3 heteroatoms. The van der Waals surface area contributed by atoms with Crippen molar-refractivity contribution in [3.63, 3.8) is 0 Å². The fraction of sp³-hybridized carbons (Fsp3) is 1.00. The molecule has 2 fully saturated rings. The highest BCUT2D eigenvalue weighted by Gasteiger charge is 2.59. The number of ether oxygens (including phenoxy) is 1. The average Bonchev–Trinajstić information content (AvgIpc) is 2.65. The Morgan fingerprint density at radius 1 is 1.53 bits per heavy atom. The largest absolute Gasteiger partial charge is 0.395 e. The van der Waals surface area contributed by atoms with Crippen LogP contribution >= 0.6 is 0 Å². The second-order valence-corrected chi connectivity index (χ2v) is 5.50. The molecule has 2 N–H and O–H groups in total. The van der Waals surface area contributed by atoms with Crippen molar-refractivity contribution in [2.45, 2.75) is 51.8 Å². The molecule has 0 spiro atoms. The summed E-state index contributed by atoms with van der Waals surface area (Å²) in [4.78, 5) is 0. The first-order valence-corrected chi connectivity index (χ1v) is 6.09. The van der Waals surface area contributed by atoms with Crippen LogP contribution in [0.3, 0.4) is 0 Å². The van der Waals surface area contributed by atoms with E-state index in [0.717, 1.165) is 13.0 Å². The van der Waals surface area contributed by atoms with Gasteiger partial charge in [-0.25, -0.2) is 0 Å². The Morgan fingerprint density at radius 3 is 2.87 bits per heavy atom. The second-order valence-electron chi connectivity index (χ2n) is 5.50. The normalized spacial score (nSPS) is 39.6. The molecule has 0 amide bonds. The second kappa shape index (κ2) is 4.04. The highest BCUT2D eigenvalue weighted by molar-refractivity contribution is 5.11. The van der Waals surface area contributed by atoms with Crippen LogP contribution < -0.4 is 5.32 Å². The average molecular weight is 213 g/mol. The number of fused-ring (bicyclic) bond motifs is 1. The summed E-state index contributed by atoms with van der Waals surface area (Å²) in [6.07, 6.45) is 2.60. The zero-order valence-electron chi connectivity index (χ0n) is 9.99. The van der Waals surface area contributed by atoms with Gasteiger partial charge >= 0.3 is 0 Å². The molecule has 15 heavy (non-hydrogen) atoms. The number of rotatable bonds is 4. The van der Waals surface area contributed by atoms with Crippen molar-refractivity contribution in [2.24, 2.45) is 11.3 Å². The third-order valence-corrected chi connectivity index (χ3v) is 4.23. The first-order chi connectivity index (χ1) is 7.11. The Kier molecular flexibility index (Phi) is 3.06. The quantitative estimate of drug-likeness (QED) is 0.736. The molecule has 0 aromatic carbocycles. The minimum atomic E-state index is 0.226. The van der Waals surface area contributed by atoms with Crippen LogP contribution in [0.2, 0.25) is 0 Å². The van der Waals surface area contributed by atoms with Crippen LogP contribution in [0.15, 0.2) is 0 Å². The molecule has 0 bridgehead atoms. The molecule has 3 nitrogen and oxygen atoms in total. The van der Waals surface area contributed by atoms with E-state index in [0.29, 0.717) is 18.1 Å². The van der Waals surface area contributed by atoms with Crippen molar-refractivity contribution in [2.75, 3.05) is 13.2 Å². The van der Waals surface area contributed by atoms with E-state index < -0.39 is 0 Å². The smallest absolute Gasteiger partial charge is 0.0685 e. The fourth-order valence-corrected chi connectivity index (χ4v) is 3.22. The van der Waals surface area contributed by atoms with Crippen molar-refractivity contribution in [1.29, 1.82) is 0 Å². The Labute approximate surface area is 92.2 Å². The monoisotopic (exact) mass is 213 g/mol. The number of aliphatic hydroxyl groups excluding tert-OH is 1. The zero-order chi connectivity index (χ0) is 11.1. The van der Waals surface area contributed by atoms with E-state index in [9.17, 15) is 5.11 Å². The lowest BCUT2D eigenvalue weighted by Crippen LogP contribution is -2.67. The van der Waals surface area contributed by atoms with Crippen LogP contribution in [0.25, 0.3) is 0 Å². The SMILES string of the molecule is CC[C@@H](CO)NC1C2CCOC2C1(C)C. The van der Waals surface area contributed by atoms with Crippen LogP contribution in [-0.4, -0.2) is 36.5 Å². The van der Waals surface area contributed by atoms with E-state index in [1.54, 1.807) is 0 Å². The number of hydrogen-bond donors (Lipinski definition) is 2. The van der Waals surface area contributed by atoms with Gasteiger partial charge in [-0.15, -0.1) is 0 Å². The number of nitrogens with one attached hydrogen (secondary N) is 1. The molecule has 4 atom stereocenters. The van der Waals surface area contributed by atoms with Crippen molar-refractivity contribution < 1.29 is 9.84 Å². The molecular formula is C12H23NO2. The van der Waals surface area contributed by atoms with Gasteiger partial charge in [-0.1, -0.05) is 20.8 Å². The maximum atomic E-state index is 9.21. The molecule has 1 aliphatic heterocycles. The van der Waals surface area contributed by atoms with Crippen LogP contribution in [0.4, 0.5) is 0 Å². The molecule has 0 aromatic heterocycles. The Hall–Kier alpha value is -0.120. The predicted octanol–water partition coefficient (Wildman–Crippen LogP) is 1.16. The molecule has 3 unspecified atom stereocenters. The summed E-state index contributed by atoms with van der Waals surface area (Å²) < 4.78 is 5.74. The van der Waals surface area contributed by atoms with Gasteiger partial charge in [-0.05, 0) is 12.8 Å². The maximum absolute atomic E-state index is 9.21. The lowest BCUT2D eigenvalue weighted by molar-refractivity contribution is -0.116. The summed E-state index contributed by atoms with van der Waals surface area (Å²) in [6.45, 7) is 7.79. The van der Waals surface area contributed by atoms with Crippen molar-refractivity contribution >= 4 is 0 Å². The van der Waals surface area contributed by atoms with Crippen LogP contribution in [0, 0.1) is 11.3 Å². The molecule has 1 saturated carbocycles. The van der Waals surface area contributed by atoms with E-state index >= 15 is 0 Å². The number of aliphatic hydroxyl groups is 1. The highest BCUT2D eigenvalue weighted by Crippen LogP contribution is 2.52. The standard InChI is InChI=1S/C12H23NO2/c1-4-8(7-14)13-10-9-5-6-15-11(9)12(10,2)3/h8-11,13-14H,4-7H2,1-3H3/t8-,9?,10?,11?/m0/s1. The van der Waals surface area contributed by atoms with Crippen LogP contribution in [0.1, 0.15) is 33.6 Å². The Bertz CT molecular complexity index is 226. The van der Waals surface area contributed by atoms with Gasteiger partial charge in [-0.3, -0.25) is 0 Å². The summed E-state index contributed by atoms with van der Waals surface area (Å²) >= 11 is 0. The lowest BCUT2D eigenvalue weighted by Gasteiger charge is -2.55. The first-order valence-electron chi connectivity index (χ1n) is 6.09. The van der Waals surface area contributed by atoms with Crippen LogP contribution in [-0.2, 0) is 4.74 Å². The Morgan fingerprint density at radius 2 is 2.27 bits per heavy atom. The minimum absolute atomic E-state index is 0.226. The van der Waals surface area contributed by atoms with E-state index in [1.165, 1.54) is 6.42 Å². The summed E-state index contributed by atoms with van der Waals surface area (Å²) in [5.74, 6) is 0.667. The molecule has 2 aliphatic rings. The van der Waals surface area contributed by atoms with Gasteiger partial charge in [0.1, 0.15) is 0 Å². The zero-order valence-corrected chi connectivity index (χ0v) is 9.99. The lowest BCUT2D eigenvalue weighted by atomic mass is 9.57. The molecule has 88 valence electrons. The topological polar surface area (TPSA) is 41.5 Å². The molecule has 1 saturated heterocycles.